The summed E-state index contributed by atoms with van der Waals surface area (Å²) in [6, 6.07) is 11.3. The first kappa shape index (κ1) is 22.8. The number of halogens is 1. The fourth-order valence-corrected chi connectivity index (χ4v) is 4.48. The van der Waals surface area contributed by atoms with Crippen molar-refractivity contribution in [3.63, 3.8) is 0 Å². The number of amides is 1. The Bertz CT molecular complexity index is 817. The minimum Gasteiger partial charge on any atom is -0.347 e. The van der Waals surface area contributed by atoms with Gasteiger partial charge < -0.3 is 10.6 Å². The van der Waals surface area contributed by atoms with Crippen molar-refractivity contribution in [1.82, 2.24) is 25.3 Å². The molecule has 2 aliphatic heterocycles. The number of nitrogens with one attached hydrogen (secondary N) is 2. The molecular formula is C23H34ClN5O. The smallest absolute Gasteiger partial charge is 0.272 e. The minimum atomic E-state index is -0.103. The molecule has 3 heterocycles. The maximum Gasteiger partial charge on any atom is 0.272 e. The molecule has 1 amide bonds. The third-order valence-electron chi connectivity index (χ3n) is 6.36. The highest BCUT2D eigenvalue weighted by Gasteiger charge is 2.20. The Kier molecular flexibility index (Phi) is 8.31. The molecule has 0 saturated carbocycles. The second kappa shape index (κ2) is 10.9. The maximum absolute atomic E-state index is 12.7. The van der Waals surface area contributed by atoms with E-state index in [1.54, 1.807) is 0 Å². The van der Waals surface area contributed by atoms with Gasteiger partial charge in [-0.05, 0) is 62.9 Å². The Hall–Kier alpha value is -1.89. The quantitative estimate of drug-likeness (QED) is 0.734. The zero-order valence-electron chi connectivity index (χ0n) is 17.8. The van der Waals surface area contributed by atoms with Crippen LogP contribution in [-0.2, 0) is 13.1 Å². The van der Waals surface area contributed by atoms with E-state index in [4.69, 9.17) is 0 Å². The maximum atomic E-state index is 12.7. The van der Waals surface area contributed by atoms with Gasteiger partial charge in [0.25, 0.3) is 5.91 Å². The molecular weight excluding hydrogens is 398 g/mol. The average molecular weight is 432 g/mol. The Morgan fingerprint density at radius 1 is 1.17 bits per heavy atom. The number of aromatic nitrogens is 2. The molecule has 7 heteroatoms. The summed E-state index contributed by atoms with van der Waals surface area (Å²) in [4.78, 5) is 15.2. The van der Waals surface area contributed by atoms with Gasteiger partial charge in [-0.25, -0.2) is 0 Å². The monoisotopic (exact) mass is 431 g/mol. The predicted molar refractivity (Wildman–Crippen MR) is 122 cm³/mol. The Labute approximate surface area is 185 Å². The van der Waals surface area contributed by atoms with E-state index in [0.29, 0.717) is 24.3 Å². The second-order valence-corrected chi connectivity index (χ2v) is 8.45. The molecule has 2 unspecified atom stereocenters. The molecule has 4 rings (SSSR count). The SMILES string of the molecule is CC1CCCCN1Cc1ccccc1CNC(=O)c1ccn(C2CCCNC2)n1.Cl. The second-order valence-electron chi connectivity index (χ2n) is 8.45. The number of likely N-dealkylation sites (tertiary alicyclic amines) is 1. The van der Waals surface area contributed by atoms with Crippen molar-refractivity contribution < 1.29 is 4.79 Å². The van der Waals surface area contributed by atoms with Crippen molar-refractivity contribution >= 4 is 18.3 Å². The molecule has 0 aliphatic carbocycles. The van der Waals surface area contributed by atoms with Crippen molar-refractivity contribution in [3.05, 3.63) is 53.3 Å². The van der Waals surface area contributed by atoms with Crippen molar-refractivity contribution in [1.29, 1.82) is 0 Å². The number of carbonyl (C=O) groups is 1. The lowest BCUT2D eigenvalue weighted by atomic mass is 10.0. The predicted octanol–water partition coefficient (Wildman–Crippen LogP) is 3.53. The van der Waals surface area contributed by atoms with Crippen molar-refractivity contribution in [2.45, 2.75) is 64.2 Å². The lowest BCUT2D eigenvalue weighted by molar-refractivity contribution is 0.0944. The van der Waals surface area contributed by atoms with Crippen LogP contribution < -0.4 is 10.6 Å². The topological polar surface area (TPSA) is 62.2 Å². The standard InChI is InChI=1S/C23H33N5O.ClH/c1-18-7-4-5-13-27(18)17-20-9-3-2-8-19(20)15-25-23(29)22-11-14-28(26-22)21-10-6-12-24-16-21;/h2-3,8-9,11,14,18,21,24H,4-7,10,12-13,15-17H2,1H3,(H,25,29);1H. The molecule has 1 aromatic carbocycles. The molecule has 2 atom stereocenters. The van der Waals surface area contributed by atoms with Crippen molar-refractivity contribution in [2.75, 3.05) is 19.6 Å². The van der Waals surface area contributed by atoms with Crippen LogP contribution >= 0.6 is 12.4 Å². The summed E-state index contributed by atoms with van der Waals surface area (Å²) < 4.78 is 1.94. The van der Waals surface area contributed by atoms with Crippen molar-refractivity contribution in [2.24, 2.45) is 0 Å². The van der Waals surface area contributed by atoms with E-state index in [1.807, 2.05) is 16.9 Å². The molecule has 30 heavy (non-hydrogen) atoms. The molecule has 1 aromatic heterocycles. The van der Waals surface area contributed by atoms with Crippen molar-refractivity contribution in [3.8, 4) is 0 Å². The fourth-order valence-electron chi connectivity index (χ4n) is 4.48. The zero-order chi connectivity index (χ0) is 20.1. The number of nitrogens with zero attached hydrogens (tertiary/aromatic N) is 3. The van der Waals surface area contributed by atoms with Gasteiger partial charge in [0.05, 0.1) is 6.04 Å². The highest BCUT2D eigenvalue weighted by atomic mass is 35.5. The van der Waals surface area contributed by atoms with Crippen LogP contribution in [0.25, 0.3) is 0 Å². The number of piperidine rings is 2. The highest BCUT2D eigenvalue weighted by molar-refractivity contribution is 5.92. The van der Waals surface area contributed by atoms with E-state index in [2.05, 4.69) is 51.8 Å². The lowest BCUT2D eigenvalue weighted by Crippen LogP contribution is -2.37. The largest absolute Gasteiger partial charge is 0.347 e. The summed E-state index contributed by atoms with van der Waals surface area (Å²) in [5, 5.41) is 11.0. The Morgan fingerprint density at radius 2 is 2.00 bits per heavy atom. The van der Waals surface area contributed by atoms with Gasteiger partial charge in [-0.15, -0.1) is 12.4 Å². The van der Waals surface area contributed by atoms with Gasteiger partial charge in [-0.2, -0.15) is 5.10 Å². The normalized spacial score (nSPS) is 22.3. The molecule has 6 nitrogen and oxygen atoms in total. The first-order valence-corrected chi connectivity index (χ1v) is 11.1. The third-order valence-corrected chi connectivity index (χ3v) is 6.36. The Morgan fingerprint density at radius 3 is 2.77 bits per heavy atom. The van der Waals surface area contributed by atoms with E-state index < -0.39 is 0 Å². The number of hydrogen-bond donors (Lipinski definition) is 2. The van der Waals surface area contributed by atoms with Crippen LogP contribution in [-0.4, -0.2) is 46.3 Å². The summed E-state index contributed by atoms with van der Waals surface area (Å²) in [7, 11) is 0. The van der Waals surface area contributed by atoms with E-state index in [0.717, 1.165) is 39.0 Å². The van der Waals surface area contributed by atoms with Crippen LogP contribution in [0.15, 0.2) is 36.5 Å². The summed E-state index contributed by atoms with van der Waals surface area (Å²) >= 11 is 0. The zero-order valence-corrected chi connectivity index (χ0v) is 18.7. The van der Waals surface area contributed by atoms with Crippen LogP contribution in [0.5, 0.6) is 0 Å². The van der Waals surface area contributed by atoms with Gasteiger partial charge in [0.1, 0.15) is 5.69 Å². The summed E-state index contributed by atoms with van der Waals surface area (Å²) in [6.45, 7) is 6.97. The molecule has 2 fully saturated rings. The minimum absolute atomic E-state index is 0. The molecule has 0 spiro atoms. The van der Waals surface area contributed by atoms with Gasteiger partial charge in [-0.1, -0.05) is 30.7 Å². The lowest BCUT2D eigenvalue weighted by Gasteiger charge is -2.33. The first-order chi connectivity index (χ1) is 14.2. The number of carbonyl (C=O) groups excluding carboxylic acids is 1. The van der Waals surface area contributed by atoms with Crippen LogP contribution in [0.3, 0.4) is 0 Å². The molecule has 2 aromatic rings. The number of benzene rings is 1. The van der Waals surface area contributed by atoms with Crippen LogP contribution in [0.1, 0.15) is 66.7 Å². The van der Waals surface area contributed by atoms with Crippen LogP contribution in [0.2, 0.25) is 0 Å². The van der Waals surface area contributed by atoms with Gasteiger partial charge >= 0.3 is 0 Å². The molecule has 164 valence electrons. The summed E-state index contributed by atoms with van der Waals surface area (Å²) in [6.07, 6.45) is 8.08. The highest BCUT2D eigenvalue weighted by Crippen LogP contribution is 2.21. The number of hydrogen-bond acceptors (Lipinski definition) is 4. The van der Waals surface area contributed by atoms with E-state index in [-0.39, 0.29) is 18.3 Å². The molecule has 0 radical (unpaired) electrons. The molecule has 2 aliphatic rings. The third kappa shape index (κ3) is 5.62. The van der Waals surface area contributed by atoms with Gasteiger partial charge in [0, 0.05) is 31.9 Å². The molecule has 2 N–H and O–H groups in total. The van der Waals surface area contributed by atoms with Crippen LogP contribution in [0, 0.1) is 0 Å². The Balaban J connectivity index is 0.00000256. The summed E-state index contributed by atoms with van der Waals surface area (Å²) in [5.74, 6) is -0.103. The van der Waals surface area contributed by atoms with Gasteiger partial charge in [0.15, 0.2) is 0 Å². The first-order valence-electron chi connectivity index (χ1n) is 11.1. The molecule has 2 saturated heterocycles. The number of rotatable bonds is 6. The summed E-state index contributed by atoms with van der Waals surface area (Å²) in [5.41, 5.74) is 2.99. The van der Waals surface area contributed by atoms with Gasteiger partial charge in [-0.3, -0.25) is 14.4 Å². The van der Waals surface area contributed by atoms with Gasteiger partial charge in [0.2, 0.25) is 0 Å². The fraction of sp³-hybridized carbons (Fsp3) is 0.565. The van der Waals surface area contributed by atoms with E-state index >= 15 is 0 Å². The average Bonchev–Trinajstić information content (AvgIpc) is 3.26. The van der Waals surface area contributed by atoms with E-state index in [9.17, 15) is 4.79 Å². The van der Waals surface area contributed by atoms with Crippen LogP contribution in [0.4, 0.5) is 0 Å². The van der Waals surface area contributed by atoms with E-state index in [1.165, 1.54) is 30.4 Å². The molecule has 0 bridgehead atoms.